The molecule has 4 heteroatoms. The summed E-state index contributed by atoms with van der Waals surface area (Å²) in [6, 6.07) is 0. The van der Waals surface area contributed by atoms with Gasteiger partial charge in [-0.3, -0.25) is 4.48 Å². The summed E-state index contributed by atoms with van der Waals surface area (Å²) in [5, 5.41) is 0. The number of halogens is 1. The second-order valence-corrected chi connectivity index (χ2v) is 3.63. The fourth-order valence-electron chi connectivity index (χ4n) is 0.375. The van der Waals surface area contributed by atoms with Gasteiger partial charge in [0.25, 0.3) is 0 Å². The zero-order chi connectivity index (χ0) is 9.07. The molecule has 0 radical (unpaired) electrons. The summed E-state index contributed by atoms with van der Waals surface area (Å²) in [7, 11) is 5.85. The first-order chi connectivity index (χ1) is 4.83. The summed E-state index contributed by atoms with van der Waals surface area (Å²) in [6.45, 7) is 5.49. The Balaban J connectivity index is 0. The molecule has 12 heavy (non-hydrogen) atoms. The molecule has 0 unspecified atom stereocenters. The maximum absolute atomic E-state index is 10.9. The van der Waals surface area contributed by atoms with Crippen molar-refractivity contribution in [2.75, 3.05) is 27.9 Å². The molecule has 0 amide bonds. The van der Waals surface area contributed by atoms with Crippen LogP contribution in [0.2, 0.25) is 0 Å². The highest BCUT2D eigenvalue weighted by atomic mass is 35.5. The van der Waals surface area contributed by atoms with E-state index in [1.807, 2.05) is 21.1 Å². The molecule has 0 rings (SSSR count). The molecule has 0 bridgehead atoms. The van der Waals surface area contributed by atoms with E-state index in [1.165, 1.54) is 0 Å². The Morgan fingerprint density at radius 3 is 2.08 bits per heavy atom. The van der Waals surface area contributed by atoms with Crippen molar-refractivity contribution in [1.29, 1.82) is 0 Å². The highest BCUT2D eigenvalue weighted by Crippen LogP contribution is 1.96. The molecule has 0 heterocycles. The number of quaternary nitrogens is 1. The predicted molar refractivity (Wildman–Crippen MR) is 43.8 cm³/mol. The van der Waals surface area contributed by atoms with Gasteiger partial charge in [0.2, 0.25) is 6.73 Å². The number of hydrogen-bond acceptors (Lipinski definition) is 2. The van der Waals surface area contributed by atoms with Crippen molar-refractivity contribution in [3.8, 4) is 0 Å². The summed E-state index contributed by atoms with van der Waals surface area (Å²) < 4.78 is 5.51. The van der Waals surface area contributed by atoms with Crippen LogP contribution in [0.5, 0.6) is 0 Å². The van der Waals surface area contributed by atoms with Crippen LogP contribution in [-0.2, 0) is 9.53 Å². The molecule has 0 aliphatic carbocycles. The number of esters is 1. The molecule has 0 aliphatic rings. The predicted octanol–water partition coefficient (Wildman–Crippen LogP) is -2.23. The number of rotatable bonds is 3. The average molecular weight is 194 g/mol. The minimum Gasteiger partial charge on any atom is -1.00 e. The minimum atomic E-state index is -0.321. The smallest absolute Gasteiger partial charge is 0.337 e. The third-order valence-corrected chi connectivity index (χ3v) is 0.931. The number of hydrogen-bond donors (Lipinski definition) is 0. The van der Waals surface area contributed by atoms with Gasteiger partial charge in [-0.15, -0.1) is 0 Å². The van der Waals surface area contributed by atoms with E-state index in [2.05, 4.69) is 6.58 Å². The van der Waals surface area contributed by atoms with Gasteiger partial charge in [-0.2, -0.15) is 0 Å². The van der Waals surface area contributed by atoms with Gasteiger partial charge in [-0.05, 0) is 6.92 Å². The van der Waals surface area contributed by atoms with Crippen LogP contribution in [0, 0.1) is 0 Å². The van der Waals surface area contributed by atoms with Crippen LogP contribution < -0.4 is 12.4 Å². The molecule has 0 atom stereocenters. The topological polar surface area (TPSA) is 26.3 Å². The van der Waals surface area contributed by atoms with Gasteiger partial charge >= 0.3 is 5.97 Å². The van der Waals surface area contributed by atoms with Gasteiger partial charge in [-0.25, -0.2) is 4.79 Å². The lowest BCUT2D eigenvalue weighted by Gasteiger charge is -2.22. The summed E-state index contributed by atoms with van der Waals surface area (Å²) in [5.74, 6) is -0.321. The van der Waals surface area contributed by atoms with Crippen LogP contribution in [0.15, 0.2) is 12.2 Å². The molecule has 3 nitrogen and oxygen atoms in total. The molecule has 0 fully saturated rings. The number of ether oxygens (including phenoxy) is 1. The van der Waals surface area contributed by atoms with Crippen LogP contribution in [0.1, 0.15) is 6.92 Å². The quantitative estimate of drug-likeness (QED) is 0.220. The molecule has 72 valence electrons. The van der Waals surface area contributed by atoms with E-state index >= 15 is 0 Å². The Morgan fingerprint density at radius 1 is 1.42 bits per heavy atom. The van der Waals surface area contributed by atoms with Gasteiger partial charge in [0.05, 0.1) is 21.1 Å². The molecule has 0 N–H and O–H groups in total. The SMILES string of the molecule is C=C(C)C(=O)OC[N+](C)(C)C.[Cl-]. The Hall–Kier alpha value is -0.540. The van der Waals surface area contributed by atoms with E-state index in [9.17, 15) is 4.79 Å². The maximum atomic E-state index is 10.9. The van der Waals surface area contributed by atoms with Gasteiger partial charge < -0.3 is 17.1 Å². The summed E-state index contributed by atoms with van der Waals surface area (Å²) in [4.78, 5) is 10.9. The lowest BCUT2D eigenvalue weighted by Crippen LogP contribution is -3.00. The molecular weight excluding hydrogens is 178 g/mol. The van der Waals surface area contributed by atoms with Crippen molar-refractivity contribution in [1.82, 2.24) is 0 Å². The first-order valence-corrected chi connectivity index (χ1v) is 3.46. The normalized spacial score (nSPS) is 10.0. The zero-order valence-electron chi connectivity index (χ0n) is 8.06. The lowest BCUT2D eigenvalue weighted by atomic mass is 10.4. The van der Waals surface area contributed by atoms with Crippen LogP contribution in [-0.4, -0.2) is 38.3 Å². The Bertz CT molecular complexity index is 172. The van der Waals surface area contributed by atoms with Crippen LogP contribution in [0.3, 0.4) is 0 Å². The number of carbonyl (C=O) groups excluding carboxylic acids is 1. The highest BCUT2D eigenvalue weighted by molar-refractivity contribution is 5.86. The zero-order valence-corrected chi connectivity index (χ0v) is 8.81. The fraction of sp³-hybridized carbons (Fsp3) is 0.625. The molecule has 0 aromatic rings. The molecule has 0 aliphatic heterocycles. The fourth-order valence-corrected chi connectivity index (χ4v) is 0.375. The summed E-state index contributed by atoms with van der Waals surface area (Å²) in [5.41, 5.74) is 0.443. The first-order valence-electron chi connectivity index (χ1n) is 3.46. The minimum absolute atomic E-state index is 0. The monoisotopic (exact) mass is 193 g/mol. The Kier molecular flexibility index (Phi) is 6.03. The maximum Gasteiger partial charge on any atom is 0.337 e. The van der Waals surface area contributed by atoms with Gasteiger partial charge in [0.15, 0.2) is 0 Å². The molecule has 0 saturated carbocycles. The number of carbonyl (C=O) groups is 1. The van der Waals surface area contributed by atoms with Crippen LogP contribution in [0.25, 0.3) is 0 Å². The van der Waals surface area contributed by atoms with E-state index in [4.69, 9.17) is 4.74 Å². The second kappa shape index (κ2) is 5.17. The van der Waals surface area contributed by atoms with Crippen LogP contribution >= 0.6 is 0 Å². The first kappa shape index (κ1) is 14.0. The highest BCUT2D eigenvalue weighted by Gasteiger charge is 2.10. The van der Waals surface area contributed by atoms with Gasteiger partial charge in [0.1, 0.15) is 0 Å². The Labute approximate surface area is 80.0 Å². The van der Waals surface area contributed by atoms with Crippen molar-refractivity contribution in [2.45, 2.75) is 6.92 Å². The van der Waals surface area contributed by atoms with E-state index < -0.39 is 0 Å². The third kappa shape index (κ3) is 7.57. The lowest BCUT2D eigenvalue weighted by molar-refractivity contribution is -0.888. The molecule has 0 saturated heterocycles. The van der Waals surface area contributed by atoms with E-state index in [0.717, 1.165) is 0 Å². The van der Waals surface area contributed by atoms with E-state index in [1.54, 1.807) is 6.92 Å². The molecule has 0 aromatic heterocycles. The average Bonchev–Trinajstić information content (AvgIpc) is 1.80. The number of nitrogens with zero attached hydrogens (tertiary/aromatic N) is 1. The molecule has 0 aromatic carbocycles. The standard InChI is InChI=1S/C8H16NO2.ClH/c1-7(2)8(10)11-6-9(3,4)5;/h1,6H2,2-5H3;1H/q+1;/p-1. The molecular formula is C8H16ClNO2. The Morgan fingerprint density at radius 2 is 1.83 bits per heavy atom. The van der Waals surface area contributed by atoms with E-state index in [-0.39, 0.29) is 18.4 Å². The third-order valence-electron chi connectivity index (χ3n) is 0.931. The van der Waals surface area contributed by atoms with Crippen molar-refractivity contribution >= 4 is 5.97 Å². The van der Waals surface area contributed by atoms with Crippen molar-refractivity contribution in [3.63, 3.8) is 0 Å². The van der Waals surface area contributed by atoms with Gasteiger partial charge in [0, 0.05) is 5.57 Å². The van der Waals surface area contributed by atoms with Crippen molar-refractivity contribution < 1.29 is 26.4 Å². The van der Waals surface area contributed by atoms with Crippen molar-refractivity contribution in [2.24, 2.45) is 0 Å². The summed E-state index contributed by atoms with van der Waals surface area (Å²) in [6.07, 6.45) is 0. The van der Waals surface area contributed by atoms with E-state index in [0.29, 0.717) is 16.8 Å². The molecule has 0 spiro atoms. The van der Waals surface area contributed by atoms with Crippen LogP contribution in [0.4, 0.5) is 0 Å². The van der Waals surface area contributed by atoms with Crippen molar-refractivity contribution in [3.05, 3.63) is 12.2 Å². The summed E-state index contributed by atoms with van der Waals surface area (Å²) >= 11 is 0. The van der Waals surface area contributed by atoms with Gasteiger partial charge in [-0.1, -0.05) is 6.58 Å². The largest absolute Gasteiger partial charge is 1.00 e. The second-order valence-electron chi connectivity index (χ2n) is 3.63.